The van der Waals surface area contributed by atoms with Crippen molar-refractivity contribution in [2.45, 2.75) is 0 Å². The summed E-state index contributed by atoms with van der Waals surface area (Å²) in [5.74, 6) is 0.958. The Morgan fingerprint density at radius 3 is 1.86 bits per heavy atom. The van der Waals surface area contributed by atoms with Crippen LogP contribution in [0.1, 0.15) is 0 Å². The van der Waals surface area contributed by atoms with Gasteiger partial charge in [0.2, 0.25) is 0 Å². The lowest BCUT2D eigenvalue weighted by Gasteiger charge is -1.86. The average Bonchev–Trinajstić information content (AvgIpc) is 1.35. The molecular formula is C4H11BrOS. The van der Waals surface area contributed by atoms with E-state index in [9.17, 15) is 0 Å². The number of halogens is 1. The minimum absolute atomic E-state index is 0. The summed E-state index contributed by atoms with van der Waals surface area (Å²) in [4.78, 5) is 0. The van der Waals surface area contributed by atoms with E-state index in [0.29, 0.717) is 17.5 Å². The fourth-order valence-corrected chi connectivity index (χ4v) is 0.548. The molecule has 0 aromatic heterocycles. The van der Waals surface area contributed by atoms with Crippen molar-refractivity contribution >= 4 is 10.9 Å². The van der Waals surface area contributed by atoms with E-state index < -0.39 is 0 Å². The highest BCUT2D eigenvalue weighted by Gasteiger charge is 1.95. The van der Waals surface area contributed by atoms with Crippen LogP contribution in [-0.2, 0) is 10.9 Å². The van der Waals surface area contributed by atoms with Gasteiger partial charge in [-0.2, -0.15) is 0 Å². The second kappa shape index (κ2) is 6.79. The van der Waals surface area contributed by atoms with Crippen molar-refractivity contribution in [1.29, 1.82) is 0 Å². The minimum Gasteiger partial charge on any atom is -1.00 e. The smallest absolute Gasteiger partial charge is 0.130 e. The van der Waals surface area contributed by atoms with Gasteiger partial charge in [0.1, 0.15) is 5.75 Å². The fraction of sp³-hybridized carbons (Fsp3) is 1.00. The topological polar surface area (TPSA) is 20.2 Å². The summed E-state index contributed by atoms with van der Waals surface area (Å²) in [7, 11) is 0.434. The molecule has 7 heavy (non-hydrogen) atoms. The maximum atomic E-state index is 8.24. The molecule has 0 spiro atoms. The quantitative estimate of drug-likeness (QED) is 0.453. The second-order valence-corrected chi connectivity index (χ2v) is 3.79. The predicted molar refractivity (Wildman–Crippen MR) is 31.2 cm³/mol. The van der Waals surface area contributed by atoms with E-state index in [1.165, 1.54) is 0 Å². The standard InChI is InChI=1S/C4H11OS.BrH/c1-6(2)4-3-5;/h5H,3-4H2,1-2H3;1H/q+1;/p-1. The van der Waals surface area contributed by atoms with E-state index in [1.807, 2.05) is 0 Å². The molecule has 0 atom stereocenters. The molecule has 0 unspecified atom stereocenters. The lowest BCUT2D eigenvalue weighted by Crippen LogP contribution is -3.00. The summed E-state index contributed by atoms with van der Waals surface area (Å²) in [6, 6.07) is 0. The lowest BCUT2D eigenvalue weighted by atomic mass is 10.9. The summed E-state index contributed by atoms with van der Waals surface area (Å²) >= 11 is 0. The van der Waals surface area contributed by atoms with Gasteiger partial charge in [-0.3, -0.25) is 0 Å². The van der Waals surface area contributed by atoms with Crippen LogP contribution < -0.4 is 17.0 Å². The Balaban J connectivity index is 0. The van der Waals surface area contributed by atoms with Crippen LogP contribution in [0, 0.1) is 0 Å². The Morgan fingerprint density at radius 2 is 1.86 bits per heavy atom. The van der Waals surface area contributed by atoms with E-state index in [0.717, 1.165) is 5.75 Å². The second-order valence-electron chi connectivity index (χ2n) is 1.41. The highest BCUT2D eigenvalue weighted by atomic mass is 79.9. The van der Waals surface area contributed by atoms with Crippen molar-refractivity contribution in [3.05, 3.63) is 0 Å². The first kappa shape index (κ1) is 10.7. The van der Waals surface area contributed by atoms with Gasteiger partial charge in [-0.25, -0.2) is 0 Å². The molecule has 0 aliphatic carbocycles. The van der Waals surface area contributed by atoms with Crippen LogP contribution in [0.5, 0.6) is 0 Å². The van der Waals surface area contributed by atoms with Crippen LogP contribution >= 0.6 is 0 Å². The Kier molecular flexibility index (Phi) is 10.4. The number of hydrogen-bond donors (Lipinski definition) is 1. The van der Waals surface area contributed by atoms with Crippen LogP contribution in [0.4, 0.5) is 0 Å². The molecule has 0 aliphatic rings. The van der Waals surface area contributed by atoms with Gasteiger partial charge >= 0.3 is 0 Å². The zero-order chi connectivity index (χ0) is 4.99. The van der Waals surface area contributed by atoms with E-state index in [2.05, 4.69) is 12.5 Å². The molecule has 0 amide bonds. The monoisotopic (exact) mass is 186 g/mol. The Hall–Kier alpha value is 0.790. The van der Waals surface area contributed by atoms with Gasteiger partial charge in [0, 0.05) is 0 Å². The molecule has 3 heteroatoms. The van der Waals surface area contributed by atoms with Crippen molar-refractivity contribution in [3.8, 4) is 0 Å². The van der Waals surface area contributed by atoms with E-state index >= 15 is 0 Å². The normalized spacial score (nSPS) is 8.57. The highest BCUT2D eigenvalue weighted by molar-refractivity contribution is 7.95. The molecule has 1 N–H and O–H groups in total. The fourth-order valence-electron chi connectivity index (χ4n) is 0.183. The van der Waals surface area contributed by atoms with E-state index in [1.54, 1.807) is 0 Å². The van der Waals surface area contributed by atoms with Gasteiger partial charge in [-0.15, -0.1) is 0 Å². The first-order valence-electron chi connectivity index (χ1n) is 1.92. The van der Waals surface area contributed by atoms with E-state index in [4.69, 9.17) is 5.11 Å². The molecule has 0 aromatic rings. The molecular weight excluding hydrogens is 176 g/mol. The van der Waals surface area contributed by atoms with Gasteiger partial charge in [0.05, 0.1) is 19.1 Å². The van der Waals surface area contributed by atoms with Gasteiger partial charge in [0.25, 0.3) is 0 Å². The maximum absolute atomic E-state index is 8.24. The van der Waals surface area contributed by atoms with Crippen LogP contribution in [0.3, 0.4) is 0 Å². The lowest BCUT2D eigenvalue weighted by molar-refractivity contribution is -0.00000259. The molecule has 0 saturated carbocycles. The summed E-state index contributed by atoms with van der Waals surface area (Å²) in [5, 5.41) is 8.24. The highest BCUT2D eigenvalue weighted by Crippen LogP contribution is 1.78. The zero-order valence-electron chi connectivity index (χ0n) is 4.65. The Bertz CT molecular complexity index is 32.9. The van der Waals surface area contributed by atoms with Gasteiger partial charge < -0.3 is 22.1 Å². The van der Waals surface area contributed by atoms with Gasteiger partial charge in [-0.05, 0) is 10.9 Å². The molecule has 0 rings (SSSR count). The van der Waals surface area contributed by atoms with Gasteiger partial charge in [0.15, 0.2) is 0 Å². The third-order valence-electron chi connectivity index (χ3n) is 0.500. The molecule has 0 saturated heterocycles. The summed E-state index contributed by atoms with van der Waals surface area (Å²) in [6.07, 6.45) is 4.24. The van der Waals surface area contributed by atoms with Gasteiger partial charge in [-0.1, -0.05) is 0 Å². The van der Waals surface area contributed by atoms with Crippen LogP contribution in [-0.4, -0.2) is 30.0 Å². The van der Waals surface area contributed by atoms with Crippen molar-refractivity contribution < 1.29 is 22.1 Å². The maximum Gasteiger partial charge on any atom is 0.130 e. The summed E-state index contributed by atoms with van der Waals surface area (Å²) in [6.45, 7) is 0.343. The molecule has 0 bridgehead atoms. The molecule has 0 heterocycles. The Morgan fingerprint density at radius 1 is 1.43 bits per heavy atom. The van der Waals surface area contributed by atoms with Crippen molar-refractivity contribution in [2.75, 3.05) is 24.9 Å². The van der Waals surface area contributed by atoms with Crippen molar-refractivity contribution in [2.24, 2.45) is 0 Å². The molecule has 0 fully saturated rings. The minimum atomic E-state index is 0. The third-order valence-corrected chi connectivity index (χ3v) is 1.50. The molecule has 0 aliphatic heterocycles. The SMILES string of the molecule is C[S+](C)CCO.[Br-]. The molecule has 0 aromatic carbocycles. The number of aliphatic hydroxyl groups is 1. The first-order chi connectivity index (χ1) is 2.77. The largest absolute Gasteiger partial charge is 1.00 e. The summed E-state index contributed by atoms with van der Waals surface area (Å²) < 4.78 is 0. The summed E-state index contributed by atoms with van der Waals surface area (Å²) in [5.41, 5.74) is 0. The molecule has 1 nitrogen and oxygen atoms in total. The van der Waals surface area contributed by atoms with Crippen molar-refractivity contribution in [1.82, 2.24) is 0 Å². The van der Waals surface area contributed by atoms with Crippen molar-refractivity contribution in [3.63, 3.8) is 0 Å². The molecule has 46 valence electrons. The van der Waals surface area contributed by atoms with Crippen LogP contribution in [0.25, 0.3) is 0 Å². The van der Waals surface area contributed by atoms with Crippen LogP contribution in [0.15, 0.2) is 0 Å². The number of rotatable bonds is 2. The average molecular weight is 187 g/mol. The van der Waals surface area contributed by atoms with E-state index in [-0.39, 0.29) is 17.0 Å². The number of hydrogen-bond acceptors (Lipinski definition) is 1. The first-order valence-corrected chi connectivity index (χ1v) is 4.13. The zero-order valence-corrected chi connectivity index (χ0v) is 7.05. The molecule has 0 radical (unpaired) electrons. The third kappa shape index (κ3) is 10.8. The Labute approximate surface area is 58.2 Å². The number of aliphatic hydroxyl groups excluding tert-OH is 1. The van der Waals surface area contributed by atoms with Crippen LogP contribution in [0.2, 0.25) is 0 Å². The predicted octanol–water partition coefficient (Wildman–Crippen LogP) is -3.14.